The predicted molar refractivity (Wildman–Crippen MR) is 436 cm³/mol. The van der Waals surface area contributed by atoms with Gasteiger partial charge in [0.1, 0.15) is 0 Å². The number of hydrogen-bond donors (Lipinski definition) is 0. The van der Waals surface area contributed by atoms with Crippen molar-refractivity contribution in [2.75, 3.05) is 0 Å². The molecule has 19 aromatic rings. The molecule has 0 radical (unpaired) electrons. The van der Waals surface area contributed by atoms with Crippen LogP contribution < -0.4 is 0 Å². The van der Waals surface area contributed by atoms with Gasteiger partial charge in [-0.2, -0.15) is 0 Å². The van der Waals surface area contributed by atoms with Crippen LogP contribution in [0.2, 0.25) is 0 Å². The van der Waals surface area contributed by atoms with Gasteiger partial charge in [-0.15, -0.1) is 0 Å². The van der Waals surface area contributed by atoms with E-state index < -0.39 is 0 Å². The van der Waals surface area contributed by atoms with Gasteiger partial charge in [0, 0.05) is 64.6 Å². The average Bonchev–Trinajstić information content (AvgIpc) is 1.60. The van der Waals surface area contributed by atoms with Crippen LogP contribution in [0.1, 0.15) is 74.9 Å². The van der Waals surface area contributed by atoms with Crippen LogP contribution in [0.5, 0.6) is 0 Å². The average molecular weight is 1340 g/mol. The molecule has 0 bridgehead atoms. The van der Waals surface area contributed by atoms with Crippen molar-refractivity contribution in [2.45, 2.75) is 57.8 Å². The summed E-state index contributed by atoms with van der Waals surface area (Å²) in [6.07, 6.45) is 11.7. The first-order valence-electron chi connectivity index (χ1n) is 36.6. The molecule has 0 N–H and O–H groups in total. The minimum absolute atomic E-state index is 0.0869. The summed E-state index contributed by atoms with van der Waals surface area (Å²) < 4.78 is 3.95. The maximum atomic E-state index is 4.81. The summed E-state index contributed by atoms with van der Waals surface area (Å²) in [4.78, 5) is 18.5. The van der Waals surface area contributed by atoms with E-state index >= 15 is 0 Å². The van der Waals surface area contributed by atoms with Crippen LogP contribution >= 0.6 is 0 Å². The lowest BCUT2D eigenvalue weighted by atomic mass is 9.78. The first kappa shape index (κ1) is 60.8. The third kappa shape index (κ3) is 9.02. The Morgan fingerprint density at radius 3 is 1.08 bits per heavy atom. The van der Waals surface area contributed by atoms with Crippen molar-refractivity contribution in [3.8, 4) is 100 Å². The zero-order valence-electron chi connectivity index (χ0n) is 59.2. The highest BCUT2D eigenvalue weighted by Gasteiger charge is 2.40. The van der Waals surface area contributed by atoms with Crippen molar-refractivity contribution in [2.24, 2.45) is 0 Å². The minimum Gasteiger partial charge on any atom is -0.291 e. The standard InChI is InChI=1S/C50H37N3.C49H33N3/c1-49(2)41-16-9-7-12-33(41)35-23-22-32(26-43(35)49)47-37-15-6-5-14-36(37)46(31-20-18-30(19-21-31)45-29-53-25-11-24-51-48(53)52-45)40-28-44-38(27-39(40)47)34-13-8-10-17-42(34)50(44,3)4;1-49(2)43-19-10-9-16-36(43)39-27-41-42(28-44(39)49)46(31-22-20-30(21-23-31)45-29-52-25-11-24-50-48(52)51-45)37-17-7-8-18-38(37)47(41)40-26-32-12-3-4-13-33(32)34-14-5-6-15-35(34)40/h5-29H,1-4H3;3-29H,1-2H3. The maximum Gasteiger partial charge on any atom is 0.234 e. The van der Waals surface area contributed by atoms with Crippen molar-refractivity contribution in [3.05, 3.63) is 350 Å². The van der Waals surface area contributed by atoms with E-state index in [1.54, 1.807) is 12.4 Å². The van der Waals surface area contributed by atoms with E-state index in [1.807, 2.05) is 39.5 Å². The fraction of sp³-hybridized carbons (Fsp3) is 0.0909. The second-order valence-corrected chi connectivity index (χ2v) is 30.5. The molecule has 0 atom stereocenters. The molecule has 6 nitrogen and oxygen atoms in total. The maximum absolute atomic E-state index is 4.81. The van der Waals surface area contributed by atoms with Gasteiger partial charge >= 0.3 is 0 Å². The molecule has 4 heterocycles. The van der Waals surface area contributed by atoms with Crippen molar-refractivity contribution < 1.29 is 0 Å². The van der Waals surface area contributed by atoms with E-state index in [0.29, 0.717) is 11.6 Å². The van der Waals surface area contributed by atoms with E-state index in [2.05, 4.69) is 325 Å². The summed E-state index contributed by atoms with van der Waals surface area (Å²) in [6.45, 7) is 14.3. The number of hydrogen-bond acceptors (Lipinski definition) is 4. The van der Waals surface area contributed by atoms with Crippen LogP contribution in [0.25, 0.3) is 177 Å². The molecule has 3 aliphatic rings. The first-order valence-corrected chi connectivity index (χ1v) is 36.6. The Balaban J connectivity index is 0.000000135. The number of fused-ring (bicyclic) bond motifs is 18. The molecule has 22 rings (SSSR count). The first-order chi connectivity index (χ1) is 51.3. The number of rotatable bonds is 6. The second kappa shape index (κ2) is 22.5. The smallest absolute Gasteiger partial charge is 0.234 e. The van der Waals surface area contributed by atoms with Crippen LogP contribution in [0.3, 0.4) is 0 Å². The summed E-state index contributed by atoms with van der Waals surface area (Å²) in [6, 6.07) is 104. The minimum atomic E-state index is -0.125. The molecule has 105 heavy (non-hydrogen) atoms. The molecular weight excluding hydrogens is 1270 g/mol. The largest absolute Gasteiger partial charge is 0.291 e. The van der Waals surface area contributed by atoms with Gasteiger partial charge in [-0.1, -0.05) is 272 Å². The zero-order valence-corrected chi connectivity index (χ0v) is 59.2. The van der Waals surface area contributed by atoms with E-state index in [0.717, 1.165) is 22.5 Å². The Kier molecular flexibility index (Phi) is 13.1. The molecule has 0 saturated heterocycles. The molecular formula is C99H70N6. The molecule has 496 valence electrons. The van der Waals surface area contributed by atoms with E-state index in [4.69, 9.17) is 9.97 Å². The fourth-order valence-corrected chi connectivity index (χ4v) is 18.6. The van der Waals surface area contributed by atoms with E-state index in [1.165, 1.54) is 176 Å². The van der Waals surface area contributed by atoms with Crippen LogP contribution in [-0.2, 0) is 16.2 Å². The Morgan fingerprint density at radius 1 is 0.238 bits per heavy atom. The van der Waals surface area contributed by atoms with Gasteiger partial charge in [0.2, 0.25) is 11.6 Å². The third-order valence-corrected chi connectivity index (χ3v) is 23.8. The van der Waals surface area contributed by atoms with Gasteiger partial charge in [0.05, 0.1) is 11.4 Å². The number of aromatic nitrogens is 6. The van der Waals surface area contributed by atoms with Gasteiger partial charge in [-0.3, -0.25) is 8.80 Å². The summed E-state index contributed by atoms with van der Waals surface area (Å²) in [7, 11) is 0. The molecule has 3 aliphatic carbocycles. The van der Waals surface area contributed by atoms with Gasteiger partial charge in [0.15, 0.2) is 0 Å². The van der Waals surface area contributed by atoms with Crippen LogP contribution in [-0.4, -0.2) is 28.7 Å². The van der Waals surface area contributed by atoms with Crippen molar-refractivity contribution in [1.29, 1.82) is 0 Å². The highest BCUT2D eigenvalue weighted by atomic mass is 15.1. The molecule has 0 fully saturated rings. The topological polar surface area (TPSA) is 60.4 Å². The lowest BCUT2D eigenvalue weighted by Gasteiger charge is -2.25. The van der Waals surface area contributed by atoms with Gasteiger partial charge in [-0.05, 0) is 224 Å². The third-order valence-electron chi connectivity index (χ3n) is 23.8. The Hall–Kier alpha value is -12.9. The monoisotopic (exact) mass is 1340 g/mol. The van der Waals surface area contributed by atoms with E-state index in [9.17, 15) is 0 Å². The highest BCUT2D eigenvalue weighted by molar-refractivity contribution is 6.27. The number of imidazole rings is 2. The SMILES string of the molecule is CC1(C)c2ccccc2-c2cc3c(-c4cc5ccccc5c5ccccc45)c4ccccc4c(-c4ccc(-c5cn6cccnc6n5)cc4)c3cc21.CC1(C)c2ccccc2-c2ccc(-c3c4ccccc4c(-c4ccc(-c5cn6cccnc6n5)cc4)c4cc5c(cc34)-c3ccccc3C5(C)C)cc21. The highest BCUT2D eigenvalue weighted by Crippen LogP contribution is 2.58. The van der Waals surface area contributed by atoms with Crippen LogP contribution in [0.15, 0.2) is 316 Å². The van der Waals surface area contributed by atoms with Crippen molar-refractivity contribution in [3.63, 3.8) is 0 Å². The molecule has 0 saturated carbocycles. The number of nitrogens with zero attached hydrogens (tertiary/aromatic N) is 6. The zero-order chi connectivity index (χ0) is 70.2. The Labute approximate surface area is 608 Å². The lowest BCUT2D eigenvalue weighted by molar-refractivity contribution is 0.660. The van der Waals surface area contributed by atoms with Gasteiger partial charge < -0.3 is 0 Å². The van der Waals surface area contributed by atoms with Crippen LogP contribution in [0.4, 0.5) is 0 Å². The summed E-state index contributed by atoms with van der Waals surface area (Å²) in [5, 5.41) is 15.2. The molecule has 15 aromatic carbocycles. The van der Waals surface area contributed by atoms with Crippen molar-refractivity contribution >= 4 is 76.2 Å². The Bertz CT molecular complexity index is 6860. The summed E-state index contributed by atoms with van der Waals surface area (Å²) in [5.41, 5.74) is 30.0. The normalized spacial score (nSPS) is 14.0. The lowest BCUT2D eigenvalue weighted by Crippen LogP contribution is -2.15. The molecule has 0 aliphatic heterocycles. The van der Waals surface area contributed by atoms with Gasteiger partial charge in [-0.25, -0.2) is 19.9 Å². The van der Waals surface area contributed by atoms with E-state index in [-0.39, 0.29) is 16.2 Å². The summed E-state index contributed by atoms with van der Waals surface area (Å²) >= 11 is 0. The molecule has 6 heteroatoms. The summed E-state index contributed by atoms with van der Waals surface area (Å²) in [5.74, 6) is 1.41. The second-order valence-electron chi connectivity index (χ2n) is 30.5. The molecule has 0 unspecified atom stereocenters. The van der Waals surface area contributed by atoms with Crippen molar-refractivity contribution in [1.82, 2.24) is 28.7 Å². The van der Waals surface area contributed by atoms with Gasteiger partial charge in [0.25, 0.3) is 0 Å². The Morgan fingerprint density at radius 2 is 0.590 bits per heavy atom. The molecule has 4 aromatic heterocycles. The fourth-order valence-electron chi connectivity index (χ4n) is 18.6. The quantitative estimate of drug-likeness (QED) is 0.123. The number of benzene rings is 15. The predicted octanol–water partition coefficient (Wildman–Crippen LogP) is 25.3. The van der Waals surface area contributed by atoms with Crippen LogP contribution in [0, 0.1) is 0 Å². The molecule has 0 spiro atoms. The molecule has 0 amide bonds.